The van der Waals surface area contributed by atoms with Gasteiger partial charge in [0.2, 0.25) is 11.8 Å². The second kappa shape index (κ2) is 4.98. The first kappa shape index (κ1) is 13.1. The maximum Gasteiger partial charge on any atom is 0.230 e. The third kappa shape index (κ3) is 2.88. The van der Waals surface area contributed by atoms with E-state index in [1.165, 1.54) is 19.3 Å². The predicted octanol–water partition coefficient (Wildman–Crippen LogP) is 3.26. The standard InChI is InChI=1S/C16H21N3O2/c1-10-7-14(10)15-6-5-13(21-15)8-19(12-3-4-12)9-16-18-17-11(2)20-16/h5-6,10,12,14H,3-4,7-9H2,1-2H3/t10-,14-/m0/s1. The molecule has 2 saturated carbocycles. The van der Waals surface area contributed by atoms with Crippen molar-refractivity contribution in [1.82, 2.24) is 15.1 Å². The molecular formula is C16H21N3O2. The van der Waals surface area contributed by atoms with E-state index in [0.29, 0.717) is 30.3 Å². The van der Waals surface area contributed by atoms with E-state index >= 15 is 0 Å². The molecule has 0 spiro atoms. The summed E-state index contributed by atoms with van der Waals surface area (Å²) in [6.07, 6.45) is 3.77. The lowest BCUT2D eigenvalue weighted by Gasteiger charge is -2.18. The third-order valence-corrected chi connectivity index (χ3v) is 4.49. The highest BCUT2D eigenvalue weighted by Crippen LogP contribution is 2.47. The first-order valence-corrected chi connectivity index (χ1v) is 7.80. The minimum atomic E-state index is 0.628. The van der Waals surface area contributed by atoms with Gasteiger partial charge in [0.25, 0.3) is 0 Å². The molecule has 5 heteroatoms. The smallest absolute Gasteiger partial charge is 0.230 e. The molecule has 4 rings (SSSR count). The summed E-state index contributed by atoms with van der Waals surface area (Å²) in [5, 5.41) is 8.01. The highest BCUT2D eigenvalue weighted by molar-refractivity contribution is 5.17. The van der Waals surface area contributed by atoms with E-state index in [4.69, 9.17) is 8.83 Å². The van der Waals surface area contributed by atoms with E-state index in [0.717, 1.165) is 24.0 Å². The van der Waals surface area contributed by atoms with Crippen LogP contribution in [0, 0.1) is 12.8 Å². The number of hydrogen-bond acceptors (Lipinski definition) is 5. The van der Waals surface area contributed by atoms with Crippen LogP contribution < -0.4 is 0 Å². The number of aromatic nitrogens is 2. The van der Waals surface area contributed by atoms with Gasteiger partial charge in [0, 0.05) is 18.9 Å². The number of rotatable bonds is 6. The molecule has 0 amide bonds. The van der Waals surface area contributed by atoms with Gasteiger partial charge in [-0.1, -0.05) is 6.92 Å². The molecule has 0 aliphatic heterocycles. The zero-order chi connectivity index (χ0) is 14.4. The van der Waals surface area contributed by atoms with Gasteiger partial charge in [0.15, 0.2) is 0 Å². The normalized spacial score (nSPS) is 24.7. The van der Waals surface area contributed by atoms with E-state index in [9.17, 15) is 0 Å². The molecule has 112 valence electrons. The van der Waals surface area contributed by atoms with Crippen LogP contribution >= 0.6 is 0 Å². The Labute approximate surface area is 124 Å². The van der Waals surface area contributed by atoms with Crippen LogP contribution in [0.2, 0.25) is 0 Å². The summed E-state index contributed by atoms with van der Waals surface area (Å²) in [6.45, 7) is 5.64. The summed E-state index contributed by atoms with van der Waals surface area (Å²) in [5.41, 5.74) is 0. The highest BCUT2D eigenvalue weighted by Gasteiger charge is 2.37. The van der Waals surface area contributed by atoms with E-state index in [2.05, 4.69) is 34.2 Å². The fraction of sp³-hybridized carbons (Fsp3) is 0.625. The van der Waals surface area contributed by atoms with Crippen molar-refractivity contribution < 1.29 is 8.83 Å². The van der Waals surface area contributed by atoms with Crippen molar-refractivity contribution in [2.75, 3.05) is 0 Å². The van der Waals surface area contributed by atoms with E-state index < -0.39 is 0 Å². The van der Waals surface area contributed by atoms with Gasteiger partial charge in [-0.2, -0.15) is 0 Å². The summed E-state index contributed by atoms with van der Waals surface area (Å²) in [6, 6.07) is 4.89. The van der Waals surface area contributed by atoms with Crippen LogP contribution in [-0.4, -0.2) is 21.1 Å². The van der Waals surface area contributed by atoms with Crippen LogP contribution in [0.15, 0.2) is 21.0 Å². The lowest BCUT2D eigenvalue weighted by atomic mass is 10.3. The summed E-state index contributed by atoms with van der Waals surface area (Å²) >= 11 is 0. The molecule has 0 N–H and O–H groups in total. The van der Waals surface area contributed by atoms with Gasteiger partial charge in [-0.25, -0.2) is 0 Å². The van der Waals surface area contributed by atoms with Gasteiger partial charge in [0.1, 0.15) is 11.5 Å². The molecule has 2 aromatic rings. The van der Waals surface area contributed by atoms with E-state index in [1.807, 2.05) is 6.92 Å². The molecule has 0 aromatic carbocycles. The van der Waals surface area contributed by atoms with Crippen LogP contribution in [0.1, 0.15) is 55.4 Å². The summed E-state index contributed by atoms with van der Waals surface area (Å²) in [5.74, 6) is 4.96. The van der Waals surface area contributed by atoms with E-state index in [-0.39, 0.29) is 0 Å². The number of furan rings is 1. The Morgan fingerprint density at radius 2 is 2.00 bits per heavy atom. The summed E-state index contributed by atoms with van der Waals surface area (Å²) < 4.78 is 11.5. The largest absolute Gasteiger partial charge is 0.464 e. The van der Waals surface area contributed by atoms with Gasteiger partial charge in [-0.3, -0.25) is 4.90 Å². The zero-order valence-corrected chi connectivity index (χ0v) is 12.6. The van der Waals surface area contributed by atoms with Gasteiger partial charge in [-0.05, 0) is 37.3 Å². The fourth-order valence-corrected chi connectivity index (χ4v) is 2.93. The van der Waals surface area contributed by atoms with Crippen molar-refractivity contribution in [3.63, 3.8) is 0 Å². The number of hydrogen-bond donors (Lipinski definition) is 0. The Morgan fingerprint density at radius 3 is 2.62 bits per heavy atom. The van der Waals surface area contributed by atoms with Crippen LogP contribution in [0.3, 0.4) is 0 Å². The molecule has 2 aromatic heterocycles. The van der Waals surface area contributed by atoms with Crippen molar-refractivity contribution in [3.8, 4) is 0 Å². The molecule has 21 heavy (non-hydrogen) atoms. The molecule has 2 heterocycles. The first-order chi connectivity index (χ1) is 10.2. The number of aryl methyl sites for hydroxylation is 1. The van der Waals surface area contributed by atoms with Gasteiger partial charge >= 0.3 is 0 Å². The molecule has 2 fully saturated rings. The third-order valence-electron chi connectivity index (χ3n) is 4.49. The Balaban J connectivity index is 1.43. The second-order valence-electron chi connectivity index (χ2n) is 6.47. The maximum atomic E-state index is 6.02. The maximum absolute atomic E-state index is 6.02. The van der Waals surface area contributed by atoms with Crippen molar-refractivity contribution in [3.05, 3.63) is 35.4 Å². The predicted molar refractivity (Wildman–Crippen MR) is 76.5 cm³/mol. The average molecular weight is 287 g/mol. The van der Waals surface area contributed by atoms with Crippen molar-refractivity contribution >= 4 is 0 Å². The van der Waals surface area contributed by atoms with Crippen molar-refractivity contribution in [2.45, 2.75) is 58.2 Å². The molecule has 2 aliphatic carbocycles. The molecular weight excluding hydrogens is 266 g/mol. The molecule has 0 bridgehead atoms. The first-order valence-electron chi connectivity index (χ1n) is 7.80. The Bertz CT molecular complexity index is 629. The SMILES string of the molecule is Cc1nnc(CN(Cc2ccc([C@H]3C[C@@H]3C)o2)C2CC2)o1. The minimum absolute atomic E-state index is 0.628. The molecule has 2 aliphatic rings. The minimum Gasteiger partial charge on any atom is -0.464 e. The lowest BCUT2D eigenvalue weighted by Crippen LogP contribution is -2.25. The zero-order valence-electron chi connectivity index (χ0n) is 12.6. The summed E-state index contributed by atoms with van der Waals surface area (Å²) in [7, 11) is 0. The molecule has 0 unspecified atom stereocenters. The lowest BCUT2D eigenvalue weighted by molar-refractivity contribution is 0.201. The Morgan fingerprint density at radius 1 is 1.19 bits per heavy atom. The molecule has 5 nitrogen and oxygen atoms in total. The molecule has 0 saturated heterocycles. The quantitative estimate of drug-likeness (QED) is 0.816. The van der Waals surface area contributed by atoms with Crippen LogP contribution in [0.25, 0.3) is 0 Å². The fourth-order valence-electron chi connectivity index (χ4n) is 2.93. The van der Waals surface area contributed by atoms with Crippen molar-refractivity contribution in [2.24, 2.45) is 5.92 Å². The molecule has 0 radical (unpaired) electrons. The number of nitrogens with zero attached hydrogens (tertiary/aromatic N) is 3. The summed E-state index contributed by atoms with van der Waals surface area (Å²) in [4.78, 5) is 2.38. The van der Waals surface area contributed by atoms with Crippen molar-refractivity contribution in [1.29, 1.82) is 0 Å². The topological polar surface area (TPSA) is 55.3 Å². The second-order valence-corrected chi connectivity index (χ2v) is 6.47. The van der Waals surface area contributed by atoms with Gasteiger partial charge in [0.05, 0.1) is 13.1 Å². The van der Waals surface area contributed by atoms with E-state index in [1.54, 1.807) is 0 Å². The molecule has 2 atom stereocenters. The van der Waals surface area contributed by atoms with Gasteiger partial charge < -0.3 is 8.83 Å². The van der Waals surface area contributed by atoms with Crippen LogP contribution in [0.4, 0.5) is 0 Å². The Kier molecular flexibility index (Phi) is 3.10. The Hall–Kier alpha value is -1.62. The average Bonchev–Trinajstić information content (AvgIpc) is 3.34. The van der Waals surface area contributed by atoms with Crippen LogP contribution in [0.5, 0.6) is 0 Å². The highest BCUT2D eigenvalue weighted by atomic mass is 16.4. The van der Waals surface area contributed by atoms with Crippen LogP contribution in [-0.2, 0) is 13.1 Å². The van der Waals surface area contributed by atoms with Gasteiger partial charge in [-0.15, -0.1) is 10.2 Å². The monoisotopic (exact) mass is 287 g/mol.